The third-order valence-electron chi connectivity index (χ3n) is 7.63. The maximum atomic E-state index is 14.3. The number of Topliss-reactive ketones (excluding diaryl/α,β-unsaturated/α-hetero) is 1. The highest BCUT2D eigenvalue weighted by Gasteiger charge is 2.37. The Morgan fingerprint density at radius 2 is 1.77 bits per heavy atom. The Kier molecular flexibility index (Phi) is 9.77. The summed E-state index contributed by atoms with van der Waals surface area (Å²) in [5.74, 6) is -1.68. The average Bonchev–Trinajstić information content (AvgIpc) is 3.10. The molecule has 3 N–H and O–H groups in total. The van der Waals surface area contributed by atoms with E-state index in [1.54, 1.807) is 62.5 Å². The van der Waals surface area contributed by atoms with Crippen LogP contribution in [0.3, 0.4) is 0 Å². The van der Waals surface area contributed by atoms with E-state index >= 15 is 0 Å². The normalized spacial score (nSPS) is 15.4. The molecule has 0 aromatic heterocycles. The molecular weight excluding hydrogens is 552 g/mol. The van der Waals surface area contributed by atoms with E-state index in [0.29, 0.717) is 39.9 Å². The van der Waals surface area contributed by atoms with Crippen LogP contribution in [0, 0.1) is 0 Å². The zero-order valence-electron chi connectivity index (χ0n) is 24.7. The maximum Gasteiger partial charge on any atom is 0.335 e. The number of carboxylic acid groups (broad SMARTS) is 1. The number of carbonyl (C=O) groups is 5. The topological polar surface area (TPSA) is 145 Å². The van der Waals surface area contributed by atoms with Crippen molar-refractivity contribution in [1.82, 2.24) is 10.6 Å². The van der Waals surface area contributed by atoms with Gasteiger partial charge >= 0.3 is 5.97 Å². The summed E-state index contributed by atoms with van der Waals surface area (Å²) in [6.45, 7) is 3.06. The number of methoxy groups -OCH3 is 1. The lowest BCUT2D eigenvalue weighted by Gasteiger charge is -2.27. The van der Waals surface area contributed by atoms with E-state index in [4.69, 9.17) is 4.74 Å². The van der Waals surface area contributed by atoms with E-state index in [0.717, 1.165) is 0 Å². The number of aromatic carboxylic acids is 1. The summed E-state index contributed by atoms with van der Waals surface area (Å²) in [7, 11) is 3.15. The Morgan fingerprint density at radius 1 is 1.05 bits per heavy atom. The van der Waals surface area contributed by atoms with Gasteiger partial charge in [-0.05, 0) is 68.4 Å². The smallest absolute Gasteiger partial charge is 0.335 e. The van der Waals surface area contributed by atoms with Crippen molar-refractivity contribution in [3.05, 3.63) is 65.7 Å². The van der Waals surface area contributed by atoms with E-state index in [2.05, 4.69) is 10.6 Å². The quantitative estimate of drug-likeness (QED) is 0.310. The van der Waals surface area contributed by atoms with Crippen molar-refractivity contribution in [3.63, 3.8) is 0 Å². The number of nitrogens with zero attached hydrogens (tertiary/aromatic N) is 2. The van der Waals surface area contributed by atoms with Gasteiger partial charge in [0.05, 0.1) is 43.2 Å². The molecule has 0 bridgehead atoms. The van der Waals surface area contributed by atoms with E-state index in [-0.39, 0.29) is 43.2 Å². The number of rotatable bonds is 11. The number of ether oxygens (including phenoxy) is 1. The molecule has 2 atom stereocenters. The number of anilines is 2. The molecule has 0 saturated heterocycles. The van der Waals surface area contributed by atoms with Gasteiger partial charge in [0.2, 0.25) is 11.8 Å². The highest BCUT2D eigenvalue weighted by molar-refractivity contribution is 6.08. The van der Waals surface area contributed by atoms with Crippen molar-refractivity contribution >= 4 is 51.6 Å². The Hall–Kier alpha value is -4.77. The molecule has 11 nitrogen and oxygen atoms in total. The number of likely N-dealkylation sites (N-methyl/N-ethyl adjacent to an activating group) is 1. The lowest BCUT2D eigenvalue weighted by molar-refractivity contribution is -0.128. The first kappa shape index (κ1) is 31.2. The van der Waals surface area contributed by atoms with Gasteiger partial charge in [-0.25, -0.2) is 4.79 Å². The Bertz CT molecular complexity index is 1570. The predicted molar refractivity (Wildman–Crippen MR) is 162 cm³/mol. The molecule has 43 heavy (non-hydrogen) atoms. The van der Waals surface area contributed by atoms with Crippen molar-refractivity contribution in [3.8, 4) is 5.75 Å². The number of hydrogen-bond acceptors (Lipinski definition) is 7. The van der Waals surface area contributed by atoms with Crippen molar-refractivity contribution in [1.29, 1.82) is 0 Å². The minimum atomic E-state index is -1.08. The highest BCUT2D eigenvalue weighted by atomic mass is 16.5. The lowest BCUT2D eigenvalue weighted by atomic mass is 10.00. The fourth-order valence-electron chi connectivity index (χ4n) is 5.16. The summed E-state index contributed by atoms with van der Waals surface area (Å²) in [6, 6.07) is 13.6. The van der Waals surface area contributed by atoms with Crippen LogP contribution in [0.25, 0.3) is 10.8 Å². The third kappa shape index (κ3) is 6.83. The molecule has 3 amide bonds. The van der Waals surface area contributed by atoms with Crippen LogP contribution in [0.15, 0.2) is 54.6 Å². The number of amides is 3. The Morgan fingerprint density at radius 3 is 2.42 bits per heavy atom. The van der Waals surface area contributed by atoms with Crippen LogP contribution in [0.5, 0.6) is 5.75 Å². The molecule has 0 spiro atoms. The first-order valence-corrected chi connectivity index (χ1v) is 14.1. The zero-order chi connectivity index (χ0) is 31.3. The number of hydrogen-bond donors (Lipinski definition) is 3. The standard InChI is InChI=1S/C32H36N4O7/c1-19(37)8-7-11-29(38)35-18-25(34-30(39)20(2)33-3)31(40)36(27-10-6-5-9-26(27)35)17-24-23-14-12-22(32(41)42)16-21(23)13-15-28(24)43-4/h5-6,9-10,12-16,20,25,33H,7-8,11,17-18H2,1-4H3,(H,34,39)(H,41,42). The monoisotopic (exact) mass is 588 g/mol. The summed E-state index contributed by atoms with van der Waals surface area (Å²) >= 11 is 0. The molecule has 0 aliphatic carbocycles. The predicted octanol–water partition coefficient (Wildman–Crippen LogP) is 3.28. The maximum absolute atomic E-state index is 14.3. The minimum absolute atomic E-state index is 0.0170. The molecule has 4 rings (SSSR count). The summed E-state index contributed by atoms with van der Waals surface area (Å²) in [4.78, 5) is 66.9. The van der Waals surface area contributed by atoms with Gasteiger partial charge < -0.3 is 35.1 Å². The lowest BCUT2D eigenvalue weighted by Crippen LogP contribution is -2.55. The second-order valence-corrected chi connectivity index (χ2v) is 10.5. The third-order valence-corrected chi connectivity index (χ3v) is 7.63. The van der Waals surface area contributed by atoms with Crippen LogP contribution in [0.1, 0.15) is 49.0 Å². The molecule has 3 aromatic rings. The van der Waals surface area contributed by atoms with Crippen LogP contribution in [-0.2, 0) is 25.7 Å². The van der Waals surface area contributed by atoms with Gasteiger partial charge in [0.1, 0.15) is 17.6 Å². The molecule has 11 heteroatoms. The van der Waals surface area contributed by atoms with Crippen LogP contribution in [-0.4, -0.2) is 67.4 Å². The van der Waals surface area contributed by atoms with Crippen LogP contribution in [0.4, 0.5) is 11.4 Å². The van der Waals surface area contributed by atoms with Gasteiger partial charge in [-0.15, -0.1) is 0 Å². The van der Waals surface area contributed by atoms with Gasteiger partial charge in [-0.1, -0.05) is 24.3 Å². The molecule has 1 heterocycles. The molecule has 0 radical (unpaired) electrons. The number of nitrogens with one attached hydrogen (secondary N) is 2. The molecule has 1 aliphatic rings. The fourth-order valence-corrected chi connectivity index (χ4v) is 5.16. The van der Waals surface area contributed by atoms with Gasteiger partial charge in [-0.2, -0.15) is 0 Å². The summed E-state index contributed by atoms with van der Waals surface area (Å²) in [5, 5.41) is 16.5. The number of carboxylic acids is 1. The van der Waals surface area contributed by atoms with Gasteiger partial charge in [0, 0.05) is 18.4 Å². The second-order valence-electron chi connectivity index (χ2n) is 10.5. The van der Waals surface area contributed by atoms with Crippen molar-refractivity contribution in [2.24, 2.45) is 0 Å². The SMILES string of the molecule is CNC(C)C(=O)NC1CN(C(=O)CCCC(C)=O)c2ccccc2N(Cc2c(OC)ccc3cc(C(=O)O)ccc23)C1=O. The number of fused-ring (bicyclic) bond motifs is 2. The van der Waals surface area contributed by atoms with Crippen LogP contribution in [0.2, 0.25) is 0 Å². The van der Waals surface area contributed by atoms with Gasteiger partial charge in [0.25, 0.3) is 5.91 Å². The van der Waals surface area contributed by atoms with Crippen molar-refractivity contribution < 1.29 is 33.8 Å². The number of para-hydroxylation sites is 2. The molecular formula is C32H36N4O7. The molecule has 1 aliphatic heterocycles. The number of ketones is 1. The van der Waals surface area contributed by atoms with Gasteiger partial charge in [0.15, 0.2) is 0 Å². The fraction of sp³-hybridized carbons (Fsp3) is 0.344. The molecule has 0 fully saturated rings. The van der Waals surface area contributed by atoms with E-state index < -0.39 is 29.9 Å². The largest absolute Gasteiger partial charge is 0.496 e. The van der Waals surface area contributed by atoms with Crippen LogP contribution < -0.4 is 25.2 Å². The summed E-state index contributed by atoms with van der Waals surface area (Å²) < 4.78 is 5.66. The second kappa shape index (κ2) is 13.5. The summed E-state index contributed by atoms with van der Waals surface area (Å²) in [6.07, 6.45) is 0.721. The molecule has 0 saturated carbocycles. The van der Waals surface area contributed by atoms with E-state index in [9.17, 15) is 29.1 Å². The molecule has 3 aromatic carbocycles. The van der Waals surface area contributed by atoms with E-state index in [1.807, 2.05) is 0 Å². The highest BCUT2D eigenvalue weighted by Crippen LogP contribution is 2.37. The first-order chi connectivity index (χ1) is 20.5. The number of benzene rings is 3. The summed E-state index contributed by atoms with van der Waals surface area (Å²) in [5.41, 5.74) is 1.72. The van der Waals surface area contributed by atoms with Crippen LogP contribution >= 0.6 is 0 Å². The molecule has 226 valence electrons. The first-order valence-electron chi connectivity index (χ1n) is 14.1. The van der Waals surface area contributed by atoms with Crippen molar-refractivity contribution in [2.75, 3.05) is 30.5 Å². The average molecular weight is 589 g/mol. The Balaban J connectivity index is 1.83. The molecule has 2 unspecified atom stereocenters. The zero-order valence-corrected chi connectivity index (χ0v) is 24.7. The number of carbonyl (C=O) groups excluding carboxylic acids is 4. The minimum Gasteiger partial charge on any atom is -0.496 e. The Labute approximate surface area is 249 Å². The van der Waals surface area contributed by atoms with Crippen molar-refractivity contribution in [2.45, 2.75) is 51.7 Å². The van der Waals surface area contributed by atoms with E-state index in [1.165, 1.54) is 29.9 Å². The van der Waals surface area contributed by atoms with Gasteiger partial charge in [-0.3, -0.25) is 14.4 Å².